The van der Waals surface area contributed by atoms with Gasteiger partial charge in [0.1, 0.15) is 0 Å². The van der Waals surface area contributed by atoms with Gasteiger partial charge < -0.3 is 5.32 Å². The van der Waals surface area contributed by atoms with Gasteiger partial charge in [0.25, 0.3) is 0 Å². The van der Waals surface area contributed by atoms with Crippen LogP contribution >= 0.6 is 0 Å². The van der Waals surface area contributed by atoms with Gasteiger partial charge in [-0.2, -0.15) is 0 Å². The topological polar surface area (TPSA) is 15.3 Å². The zero-order valence-corrected chi connectivity index (χ0v) is 11.9. The smallest absolute Gasteiger partial charge is 0.0127 e. The summed E-state index contributed by atoms with van der Waals surface area (Å²) in [5, 5.41) is 3.50. The molecular weight excluding hydrogens is 208 g/mol. The van der Waals surface area contributed by atoms with Crippen molar-refractivity contribution in [2.75, 3.05) is 19.6 Å². The van der Waals surface area contributed by atoms with Gasteiger partial charge in [-0.3, -0.25) is 4.90 Å². The quantitative estimate of drug-likeness (QED) is 0.792. The van der Waals surface area contributed by atoms with Gasteiger partial charge in [-0.15, -0.1) is 0 Å². The van der Waals surface area contributed by atoms with Gasteiger partial charge >= 0.3 is 0 Å². The summed E-state index contributed by atoms with van der Waals surface area (Å²) >= 11 is 0. The first-order chi connectivity index (χ1) is 8.24. The predicted molar refractivity (Wildman–Crippen MR) is 74.2 cm³/mol. The zero-order chi connectivity index (χ0) is 12.3. The molecule has 2 heteroatoms. The largest absolute Gasteiger partial charge is 0.317 e. The van der Waals surface area contributed by atoms with E-state index in [0.717, 1.165) is 30.5 Å². The third kappa shape index (κ3) is 3.03. The average Bonchev–Trinajstić information content (AvgIpc) is 2.78. The molecule has 2 fully saturated rings. The van der Waals surface area contributed by atoms with Crippen LogP contribution in [-0.4, -0.2) is 36.6 Å². The van der Waals surface area contributed by atoms with Gasteiger partial charge in [0, 0.05) is 12.1 Å². The van der Waals surface area contributed by atoms with Crippen molar-refractivity contribution in [2.24, 2.45) is 11.8 Å². The maximum Gasteiger partial charge on any atom is 0.0127 e. The first-order valence-corrected chi connectivity index (χ1v) is 7.70. The second-order valence-electron chi connectivity index (χ2n) is 6.16. The number of fused-ring (bicyclic) bond motifs is 1. The van der Waals surface area contributed by atoms with Crippen molar-refractivity contribution in [1.29, 1.82) is 0 Å². The fourth-order valence-corrected chi connectivity index (χ4v) is 3.82. The molecule has 1 aliphatic heterocycles. The van der Waals surface area contributed by atoms with Crippen LogP contribution in [0.2, 0.25) is 0 Å². The maximum atomic E-state index is 3.50. The van der Waals surface area contributed by atoms with Crippen molar-refractivity contribution in [3.05, 3.63) is 0 Å². The van der Waals surface area contributed by atoms with Crippen molar-refractivity contribution in [1.82, 2.24) is 10.2 Å². The van der Waals surface area contributed by atoms with Gasteiger partial charge in [0.15, 0.2) is 0 Å². The number of nitrogens with zero attached hydrogens (tertiary/aromatic N) is 1. The molecular formula is C15H30N2. The molecule has 1 saturated heterocycles. The Morgan fingerprint density at radius 1 is 1.18 bits per heavy atom. The molecule has 4 atom stereocenters. The molecule has 0 aromatic rings. The van der Waals surface area contributed by atoms with Crippen LogP contribution in [0.3, 0.4) is 0 Å². The minimum atomic E-state index is 0.752. The second kappa shape index (κ2) is 6.19. The summed E-state index contributed by atoms with van der Waals surface area (Å²) in [4.78, 5) is 2.83. The molecule has 1 saturated carbocycles. The molecule has 2 nitrogen and oxygen atoms in total. The van der Waals surface area contributed by atoms with Crippen LogP contribution in [-0.2, 0) is 0 Å². The van der Waals surface area contributed by atoms with Crippen LogP contribution in [0.4, 0.5) is 0 Å². The summed E-state index contributed by atoms with van der Waals surface area (Å²) in [7, 11) is 0. The molecule has 17 heavy (non-hydrogen) atoms. The lowest BCUT2D eigenvalue weighted by atomic mass is 9.84. The van der Waals surface area contributed by atoms with Crippen LogP contribution in [0.1, 0.15) is 52.9 Å². The molecule has 2 aliphatic rings. The summed E-state index contributed by atoms with van der Waals surface area (Å²) in [6.07, 6.45) is 7.36. The predicted octanol–water partition coefficient (Wildman–Crippen LogP) is 2.89. The van der Waals surface area contributed by atoms with Crippen LogP contribution < -0.4 is 5.32 Å². The SMILES string of the molecule is CCNCC(C)C(C)N1CCC2CCCCC21. The van der Waals surface area contributed by atoms with E-state index in [-0.39, 0.29) is 0 Å². The van der Waals surface area contributed by atoms with E-state index in [9.17, 15) is 0 Å². The summed E-state index contributed by atoms with van der Waals surface area (Å²) in [5.41, 5.74) is 0. The highest BCUT2D eigenvalue weighted by Gasteiger charge is 2.38. The van der Waals surface area contributed by atoms with E-state index in [1.165, 1.54) is 45.2 Å². The van der Waals surface area contributed by atoms with Crippen molar-refractivity contribution in [3.63, 3.8) is 0 Å². The van der Waals surface area contributed by atoms with E-state index in [2.05, 4.69) is 31.0 Å². The Labute approximate surface area is 107 Å². The van der Waals surface area contributed by atoms with Crippen molar-refractivity contribution in [2.45, 2.75) is 65.0 Å². The summed E-state index contributed by atoms with van der Waals surface area (Å²) in [5.74, 6) is 1.80. The molecule has 0 bridgehead atoms. The monoisotopic (exact) mass is 238 g/mol. The Kier molecular flexibility index (Phi) is 4.87. The Morgan fingerprint density at radius 2 is 1.94 bits per heavy atom. The Balaban J connectivity index is 1.88. The Bertz CT molecular complexity index is 229. The van der Waals surface area contributed by atoms with Gasteiger partial charge in [-0.25, -0.2) is 0 Å². The molecule has 0 radical (unpaired) electrons. The molecule has 2 rings (SSSR count). The molecule has 0 aromatic carbocycles. The third-order valence-corrected chi connectivity index (χ3v) is 5.12. The van der Waals surface area contributed by atoms with E-state index in [4.69, 9.17) is 0 Å². The lowest BCUT2D eigenvalue weighted by molar-refractivity contribution is 0.109. The van der Waals surface area contributed by atoms with Crippen molar-refractivity contribution >= 4 is 0 Å². The first kappa shape index (κ1) is 13.4. The van der Waals surface area contributed by atoms with E-state index in [1.54, 1.807) is 0 Å². The minimum absolute atomic E-state index is 0.752. The average molecular weight is 238 g/mol. The number of hydrogen-bond donors (Lipinski definition) is 1. The minimum Gasteiger partial charge on any atom is -0.317 e. The van der Waals surface area contributed by atoms with E-state index in [1.807, 2.05) is 0 Å². The lowest BCUT2D eigenvalue weighted by Crippen LogP contribution is -2.45. The third-order valence-electron chi connectivity index (χ3n) is 5.12. The number of rotatable bonds is 5. The van der Waals surface area contributed by atoms with Crippen LogP contribution in [0.15, 0.2) is 0 Å². The van der Waals surface area contributed by atoms with Crippen LogP contribution in [0, 0.1) is 11.8 Å². The molecule has 0 aromatic heterocycles. The van der Waals surface area contributed by atoms with Crippen molar-refractivity contribution < 1.29 is 0 Å². The van der Waals surface area contributed by atoms with E-state index >= 15 is 0 Å². The summed E-state index contributed by atoms with van der Waals surface area (Å²) in [6.45, 7) is 10.7. The lowest BCUT2D eigenvalue weighted by Gasteiger charge is -2.38. The molecule has 1 heterocycles. The molecule has 4 unspecified atom stereocenters. The number of nitrogens with one attached hydrogen (secondary N) is 1. The number of hydrogen-bond acceptors (Lipinski definition) is 2. The van der Waals surface area contributed by atoms with E-state index in [0.29, 0.717) is 0 Å². The van der Waals surface area contributed by atoms with Gasteiger partial charge in [0.2, 0.25) is 0 Å². The molecule has 1 N–H and O–H groups in total. The van der Waals surface area contributed by atoms with Crippen molar-refractivity contribution in [3.8, 4) is 0 Å². The molecule has 0 spiro atoms. The second-order valence-corrected chi connectivity index (χ2v) is 6.16. The fourth-order valence-electron chi connectivity index (χ4n) is 3.82. The standard InChI is InChI=1S/C15H30N2/c1-4-16-11-12(2)13(3)17-10-9-14-7-5-6-8-15(14)17/h12-16H,4-11H2,1-3H3. The van der Waals surface area contributed by atoms with Crippen LogP contribution in [0.25, 0.3) is 0 Å². The summed E-state index contributed by atoms with van der Waals surface area (Å²) in [6, 6.07) is 1.67. The Morgan fingerprint density at radius 3 is 2.71 bits per heavy atom. The molecule has 1 aliphatic carbocycles. The number of likely N-dealkylation sites (tertiary alicyclic amines) is 1. The normalized spacial score (nSPS) is 33.4. The van der Waals surface area contributed by atoms with Gasteiger partial charge in [0.05, 0.1) is 0 Å². The van der Waals surface area contributed by atoms with Crippen LogP contribution in [0.5, 0.6) is 0 Å². The fraction of sp³-hybridized carbons (Fsp3) is 1.00. The van der Waals surface area contributed by atoms with Gasteiger partial charge in [-0.05, 0) is 57.7 Å². The Hall–Kier alpha value is -0.0800. The molecule has 0 amide bonds. The summed E-state index contributed by atoms with van der Waals surface area (Å²) < 4.78 is 0. The highest BCUT2D eigenvalue weighted by molar-refractivity contribution is 4.93. The van der Waals surface area contributed by atoms with Gasteiger partial charge in [-0.1, -0.05) is 26.7 Å². The first-order valence-electron chi connectivity index (χ1n) is 7.70. The van der Waals surface area contributed by atoms with E-state index < -0.39 is 0 Å². The highest BCUT2D eigenvalue weighted by atomic mass is 15.2. The zero-order valence-electron chi connectivity index (χ0n) is 11.9. The highest BCUT2D eigenvalue weighted by Crippen LogP contribution is 2.38. The maximum absolute atomic E-state index is 3.50. The molecule has 100 valence electrons.